The molecule has 26 heavy (non-hydrogen) atoms. The van der Waals surface area contributed by atoms with E-state index in [-0.39, 0.29) is 11.8 Å². The number of rotatable bonds is 5. The van der Waals surface area contributed by atoms with Crippen LogP contribution in [-0.4, -0.2) is 16.8 Å². The highest BCUT2D eigenvalue weighted by molar-refractivity contribution is 14.1. The zero-order valence-corrected chi connectivity index (χ0v) is 15.9. The monoisotopic (exact) mass is 457 g/mol. The second kappa shape index (κ2) is 8.57. The number of nitrogens with one attached hydrogen (secondary N) is 2. The molecule has 2 amide bonds. The van der Waals surface area contributed by atoms with Crippen molar-refractivity contribution in [1.82, 2.24) is 10.3 Å². The van der Waals surface area contributed by atoms with E-state index in [1.165, 1.54) is 6.20 Å². The number of carbonyl (C=O) groups is 2. The number of amides is 2. The lowest BCUT2D eigenvalue weighted by Crippen LogP contribution is -2.23. The Labute approximate surface area is 165 Å². The SMILES string of the molecule is O=C(Nc1cccc(CNC(=O)c2ccccc2I)c1)c1cccnc1. The summed E-state index contributed by atoms with van der Waals surface area (Å²) in [5.74, 6) is -0.349. The van der Waals surface area contributed by atoms with Crippen molar-refractivity contribution in [2.24, 2.45) is 0 Å². The number of hydrogen-bond acceptors (Lipinski definition) is 3. The predicted octanol–water partition coefficient (Wildman–Crippen LogP) is 3.87. The molecule has 0 aliphatic carbocycles. The van der Waals surface area contributed by atoms with Crippen LogP contribution in [0.1, 0.15) is 26.3 Å². The second-order valence-corrected chi connectivity index (χ2v) is 6.72. The van der Waals surface area contributed by atoms with Gasteiger partial charge in [0.15, 0.2) is 0 Å². The number of pyridine rings is 1. The van der Waals surface area contributed by atoms with Crippen LogP contribution in [0, 0.1) is 3.57 Å². The quantitative estimate of drug-likeness (QED) is 0.572. The molecule has 0 bridgehead atoms. The van der Waals surface area contributed by atoms with E-state index in [0.29, 0.717) is 23.4 Å². The number of anilines is 1. The van der Waals surface area contributed by atoms with E-state index in [0.717, 1.165) is 9.13 Å². The molecular formula is C20H16IN3O2. The van der Waals surface area contributed by atoms with E-state index in [9.17, 15) is 9.59 Å². The summed E-state index contributed by atoms with van der Waals surface area (Å²) in [5.41, 5.74) is 2.70. The Kier molecular flexibility index (Phi) is 5.96. The van der Waals surface area contributed by atoms with Crippen molar-refractivity contribution >= 4 is 40.1 Å². The Hall–Kier alpha value is -2.74. The molecule has 0 unspecified atom stereocenters. The molecule has 0 saturated heterocycles. The van der Waals surface area contributed by atoms with Crippen LogP contribution in [0.2, 0.25) is 0 Å². The third kappa shape index (κ3) is 4.66. The number of carbonyl (C=O) groups excluding carboxylic acids is 2. The van der Waals surface area contributed by atoms with Crippen LogP contribution >= 0.6 is 22.6 Å². The van der Waals surface area contributed by atoms with Gasteiger partial charge in [-0.3, -0.25) is 14.6 Å². The average molecular weight is 457 g/mol. The molecule has 0 radical (unpaired) electrons. The van der Waals surface area contributed by atoms with Gasteiger partial charge in [-0.2, -0.15) is 0 Å². The van der Waals surface area contributed by atoms with E-state index in [1.54, 1.807) is 30.5 Å². The fourth-order valence-corrected chi connectivity index (χ4v) is 3.01. The van der Waals surface area contributed by atoms with Crippen LogP contribution in [0.3, 0.4) is 0 Å². The number of benzene rings is 2. The molecule has 0 atom stereocenters. The van der Waals surface area contributed by atoms with Gasteiger partial charge in [0.1, 0.15) is 0 Å². The fourth-order valence-electron chi connectivity index (χ4n) is 2.38. The second-order valence-electron chi connectivity index (χ2n) is 5.56. The molecule has 1 heterocycles. The van der Waals surface area contributed by atoms with Gasteiger partial charge in [0, 0.05) is 28.2 Å². The van der Waals surface area contributed by atoms with Gasteiger partial charge in [0.2, 0.25) is 0 Å². The van der Waals surface area contributed by atoms with Crippen molar-refractivity contribution < 1.29 is 9.59 Å². The summed E-state index contributed by atoms with van der Waals surface area (Å²) >= 11 is 2.14. The van der Waals surface area contributed by atoms with Crippen molar-refractivity contribution in [3.8, 4) is 0 Å². The highest BCUT2D eigenvalue weighted by Gasteiger charge is 2.09. The molecule has 3 rings (SSSR count). The van der Waals surface area contributed by atoms with Crippen molar-refractivity contribution in [2.45, 2.75) is 6.54 Å². The first-order valence-corrected chi connectivity index (χ1v) is 9.04. The summed E-state index contributed by atoms with van der Waals surface area (Å²) in [5, 5.41) is 5.74. The molecule has 130 valence electrons. The van der Waals surface area contributed by atoms with E-state index >= 15 is 0 Å². The molecule has 0 fully saturated rings. The summed E-state index contributed by atoms with van der Waals surface area (Å²) < 4.78 is 0.903. The molecule has 0 aliphatic rings. The van der Waals surface area contributed by atoms with E-state index < -0.39 is 0 Å². The van der Waals surface area contributed by atoms with Gasteiger partial charge in [0.25, 0.3) is 11.8 Å². The van der Waals surface area contributed by atoms with Gasteiger partial charge in [0.05, 0.1) is 11.1 Å². The zero-order chi connectivity index (χ0) is 18.4. The minimum Gasteiger partial charge on any atom is -0.348 e. The van der Waals surface area contributed by atoms with Crippen LogP contribution in [-0.2, 0) is 6.54 Å². The molecular weight excluding hydrogens is 441 g/mol. The van der Waals surface area contributed by atoms with Crippen LogP contribution < -0.4 is 10.6 Å². The Morgan fingerprint density at radius 2 is 1.81 bits per heavy atom. The average Bonchev–Trinajstić information content (AvgIpc) is 2.67. The van der Waals surface area contributed by atoms with Crippen LogP contribution in [0.5, 0.6) is 0 Å². The smallest absolute Gasteiger partial charge is 0.257 e. The largest absolute Gasteiger partial charge is 0.348 e. The maximum Gasteiger partial charge on any atom is 0.257 e. The molecule has 1 aromatic heterocycles. The third-order valence-corrected chi connectivity index (χ3v) is 4.62. The van der Waals surface area contributed by atoms with Gasteiger partial charge in [-0.25, -0.2) is 0 Å². The Bertz CT molecular complexity index is 929. The Morgan fingerprint density at radius 3 is 2.58 bits per heavy atom. The van der Waals surface area contributed by atoms with Gasteiger partial charge in [-0.1, -0.05) is 24.3 Å². The topological polar surface area (TPSA) is 71.1 Å². The molecule has 6 heteroatoms. The number of halogens is 1. The van der Waals surface area contributed by atoms with Crippen molar-refractivity contribution in [3.05, 3.63) is 93.3 Å². The Balaban J connectivity index is 1.63. The van der Waals surface area contributed by atoms with Crippen LogP contribution in [0.25, 0.3) is 0 Å². The molecule has 5 nitrogen and oxygen atoms in total. The lowest BCUT2D eigenvalue weighted by atomic mass is 10.1. The number of aromatic nitrogens is 1. The molecule has 2 N–H and O–H groups in total. The number of hydrogen-bond donors (Lipinski definition) is 2. The lowest BCUT2D eigenvalue weighted by molar-refractivity contribution is 0.0949. The highest BCUT2D eigenvalue weighted by atomic mass is 127. The fraction of sp³-hybridized carbons (Fsp3) is 0.0500. The normalized spacial score (nSPS) is 10.2. The summed E-state index contributed by atoms with van der Waals surface area (Å²) in [7, 11) is 0. The minimum atomic E-state index is -0.224. The predicted molar refractivity (Wildman–Crippen MR) is 109 cm³/mol. The molecule has 0 spiro atoms. The van der Waals surface area contributed by atoms with Gasteiger partial charge in [-0.05, 0) is 64.6 Å². The van der Waals surface area contributed by atoms with Crippen LogP contribution in [0.4, 0.5) is 5.69 Å². The standard InChI is InChI=1S/C20H16IN3O2/c21-18-9-2-1-8-17(18)20(26)23-12-14-5-3-7-16(11-14)24-19(25)15-6-4-10-22-13-15/h1-11,13H,12H2,(H,23,26)(H,24,25). The molecule has 0 aliphatic heterocycles. The summed E-state index contributed by atoms with van der Waals surface area (Å²) in [6, 6.07) is 18.2. The summed E-state index contributed by atoms with van der Waals surface area (Å²) in [6.07, 6.45) is 3.13. The van der Waals surface area contributed by atoms with E-state index in [4.69, 9.17) is 0 Å². The first-order chi connectivity index (χ1) is 12.6. The lowest BCUT2D eigenvalue weighted by Gasteiger charge is -2.09. The van der Waals surface area contributed by atoms with Crippen molar-refractivity contribution in [3.63, 3.8) is 0 Å². The van der Waals surface area contributed by atoms with Crippen molar-refractivity contribution in [2.75, 3.05) is 5.32 Å². The maximum atomic E-state index is 12.3. The van der Waals surface area contributed by atoms with Gasteiger partial charge in [-0.15, -0.1) is 0 Å². The minimum absolute atomic E-state index is 0.125. The van der Waals surface area contributed by atoms with Crippen LogP contribution in [0.15, 0.2) is 73.1 Å². The highest BCUT2D eigenvalue weighted by Crippen LogP contribution is 2.14. The summed E-state index contributed by atoms with van der Waals surface area (Å²) in [4.78, 5) is 28.4. The van der Waals surface area contributed by atoms with E-state index in [2.05, 4.69) is 38.2 Å². The van der Waals surface area contributed by atoms with Crippen molar-refractivity contribution in [1.29, 1.82) is 0 Å². The third-order valence-electron chi connectivity index (χ3n) is 3.68. The first kappa shape index (κ1) is 18.1. The number of nitrogens with zero attached hydrogens (tertiary/aromatic N) is 1. The molecule has 2 aromatic carbocycles. The summed E-state index contributed by atoms with van der Waals surface area (Å²) in [6.45, 7) is 0.375. The van der Waals surface area contributed by atoms with E-state index in [1.807, 2.05) is 36.4 Å². The maximum absolute atomic E-state index is 12.3. The Morgan fingerprint density at radius 1 is 0.962 bits per heavy atom. The van der Waals surface area contributed by atoms with Gasteiger partial charge < -0.3 is 10.6 Å². The molecule has 3 aromatic rings. The first-order valence-electron chi connectivity index (χ1n) is 7.96. The zero-order valence-electron chi connectivity index (χ0n) is 13.8. The van der Waals surface area contributed by atoms with Gasteiger partial charge >= 0.3 is 0 Å². The molecule has 0 saturated carbocycles.